The summed E-state index contributed by atoms with van der Waals surface area (Å²) in [5.41, 5.74) is -0.347. The molecule has 2 amide bonds. The van der Waals surface area contributed by atoms with Crippen LogP contribution in [0.2, 0.25) is 0 Å². The molecule has 2 atom stereocenters. The van der Waals surface area contributed by atoms with Gasteiger partial charge in [-0.3, -0.25) is 24.7 Å². The van der Waals surface area contributed by atoms with Gasteiger partial charge in [-0.2, -0.15) is 0 Å². The minimum absolute atomic E-state index is 0.00990. The lowest BCUT2D eigenvalue weighted by Crippen LogP contribution is -2.63. The van der Waals surface area contributed by atoms with E-state index >= 15 is 0 Å². The quantitative estimate of drug-likeness (QED) is 0.561. The van der Waals surface area contributed by atoms with Gasteiger partial charge in [-0.05, 0) is 70.1 Å². The number of nitrogens with one attached hydrogen (secondary N) is 2. The first-order valence-corrected chi connectivity index (χ1v) is 10.4. The van der Waals surface area contributed by atoms with Crippen LogP contribution in [-0.2, 0) is 4.79 Å². The highest BCUT2D eigenvalue weighted by atomic mass is 16.6. The minimum Gasteiger partial charge on any atom is -0.349 e. The normalized spacial score (nSPS) is 21.2. The monoisotopic (exact) mass is 424 g/mol. The Kier molecular flexibility index (Phi) is 6.38. The largest absolute Gasteiger partial charge is 0.349 e. The molecule has 1 aromatic heterocycles. The first kappa shape index (κ1) is 22.4. The molecule has 31 heavy (non-hydrogen) atoms. The molecule has 1 saturated carbocycles. The summed E-state index contributed by atoms with van der Waals surface area (Å²) in [6.45, 7) is 5.70. The van der Waals surface area contributed by atoms with Gasteiger partial charge < -0.3 is 10.6 Å². The number of pyridine rings is 1. The molecular formula is C23H28N4O4. The average molecular weight is 425 g/mol. The third-order valence-corrected chi connectivity index (χ3v) is 5.50. The lowest BCUT2D eigenvalue weighted by Gasteiger charge is -2.42. The maximum atomic E-state index is 13.4. The van der Waals surface area contributed by atoms with Crippen LogP contribution in [0.25, 0.3) is 0 Å². The number of aromatic nitrogens is 1. The van der Waals surface area contributed by atoms with Crippen molar-refractivity contribution in [1.29, 1.82) is 0 Å². The van der Waals surface area contributed by atoms with Crippen LogP contribution >= 0.6 is 0 Å². The molecule has 1 heterocycles. The van der Waals surface area contributed by atoms with Gasteiger partial charge in [0, 0.05) is 23.9 Å². The van der Waals surface area contributed by atoms with Crippen LogP contribution in [0.15, 0.2) is 48.7 Å². The predicted molar refractivity (Wildman–Crippen MR) is 117 cm³/mol. The van der Waals surface area contributed by atoms with Crippen molar-refractivity contribution in [3.8, 4) is 0 Å². The van der Waals surface area contributed by atoms with Gasteiger partial charge >= 0.3 is 0 Å². The Morgan fingerprint density at radius 3 is 2.45 bits per heavy atom. The number of carbonyl (C=O) groups excluding carboxylic acids is 2. The number of amides is 2. The molecule has 0 radical (unpaired) electrons. The molecule has 2 unspecified atom stereocenters. The van der Waals surface area contributed by atoms with Gasteiger partial charge in [-0.25, -0.2) is 0 Å². The van der Waals surface area contributed by atoms with Gasteiger partial charge in [0.05, 0.1) is 4.92 Å². The van der Waals surface area contributed by atoms with E-state index in [4.69, 9.17) is 0 Å². The number of rotatable bonds is 5. The van der Waals surface area contributed by atoms with Crippen LogP contribution in [0.1, 0.15) is 68.4 Å². The van der Waals surface area contributed by atoms with Gasteiger partial charge in [0.15, 0.2) is 0 Å². The molecule has 1 fully saturated rings. The number of carbonyl (C=O) groups is 2. The van der Waals surface area contributed by atoms with Gasteiger partial charge in [0.1, 0.15) is 11.2 Å². The van der Waals surface area contributed by atoms with Gasteiger partial charge in [0.2, 0.25) is 5.91 Å². The highest BCUT2D eigenvalue weighted by Crippen LogP contribution is 2.39. The molecule has 3 rings (SSSR count). The molecule has 1 aliphatic carbocycles. The first-order valence-electron chi connectivity index (χ1n) is 10.4. The molecule has 0 bridgehead atoms. The van der Waals surface area contributed by atoms with Crippen LogP contribution in [0, 0.1) is 10.1 Å². The summed E-state index contributed by atoms with van der Waals surface area (Å²) in [5.74, 6) is -0.630. The Morgan fingerprint density at radius 2 is 1.87 bits per heavy atom. The number of nitro benzene ring substituents is 1. The standard InChI is InChI=1S/C23H28N4O4/c1-22(2,3)26-21(29)23(25-20(28)19-8-4-5-14-24-19)13-6-7-17(15-23)16-9-11-18(12-10-16)27(30)31/h4-5,8-12,14,17H,6-7,13,15H2,1-3H3,(H,25,28)(H,26,29). The zero-order chi connectivity index (χ0) is 22.6. The summed E-state index contributed by atoms with van der Waals surface area (Å²) in [4.78, 5) is 41.0. The van der Waals surface area contributed by atoms with E-state index in [1.54, 1.807) is 30.3 Å². The summed E-state index contributed by atoms with van der Waals surface area (Å²) < 4.78 is 0. The molecule has 164 valence electrons. The first-order chi connectivity index (χ1) is 14.6. The van der Waals surface area contributed by atoms with Crippen LogP contribution in [-0.4, -0.2) is 32.8 Å². The number of hydrogen-bond donors (Lipinski definition) is 2. The fourth-order valence-corrected chi connectivity index (χ4v) is 4.04. The topological polar surface area (TPSA) is 114 Å². The summed E-state index contributed by atoms with van der Waals surface area (Å²) in [6.07, 6.45) is 4.03. The highest BCUT2D eigenvalue weighted by molar-refractivity contribution is 5.98. The van der Waals surface area contributed by atoms with E-state index in [0.717, 1.165) is 18.4 Å². The van der Waals surface area contributed by atoms with Crippen LogP contribution in [0.4, 0.5) is 5.69 Å². The Hall–Kier alpha value is -3.29. The molecule has 0 spiro atoms. The zero-order valence-electron chi connectivity index (χ0n) is 18.1. The van der Waals surface area contributed by atoms with E-state index in [9.17, 15) is 19.7 Å². The zero-order valence-corrected chi connectivity index (χ0v) is 18.1. The van der Waals surface area contributed by atoms with Crippen molar-refractivity contribution < 1.29 is 14.5 Å². The highest BCUT2D eigenvalue weighted by Gasteiger charge is 2.45. The van der Waals surface area contributed by atoms with E-state index < -0.39 is 21.9 Å². The lowest BCUT2D eigenvalue weighted by molar-refractivity contribution is -0.384. The second-order valence-corrected chi connectivity index (χ2v) is 9.10. The van der Waals surface area contributed by atoms with Crippen molar-refractivity contribution in [3.63, 3.8) is 0 Å². The van der Waals surface area contributed by atoms with Crippen molar-refractivity contribution >= 4 is 17.5 Å². The molecule has 1 aliphatic rings. The van der Waals surface area contributed by atoms with Crippen LogP contribution in [0.3, 0.4) is 0 Å². The molecular weight excluding hydrogens is 396 g/mol. The Labute approximate surface area is 181 Å². The fourth-order valence-electron chi connectivity index (χ4n) is 4.04. The van der Waals surface area contributed by atoms with Crippen LogP contribution < -0.4 is 10.6 Å². The summed E-state index contributed by atoms with van der Waals surface area (Å²) >= 11 is 0. The van der Waals surface area contributed by atoms with E-state index in [1.165, 1.54) is 18.3 Å². The molecule has 1 aromatic carbocycles. The van der Waals surface area contributed by atoms with E-state index in [1.807, 2.05) is 20.8 Å². The van der Waals surface area contributed by atoms with E-state index in [0.29, 0.717) is 12.8 Å². The van der Waals surface area contributed by atoms with Gasteiger partial charge in [0.25, 0.3) is 11.6 Å². The molecule has 0 saturated heterocycles. The lowest BCUT2D eigenvalue weighted by atomic mass is 9.72. The van der Waals surface area contributed by atoms with Crippen molar-refractivity contribution in [2.24, 2.45) is 0 Å². The van der Waals surface area contributed by atoms with Crippen molar-refractivity contribution in [3.05, 3.63) is 70.0 Å². The second-order valence-electron chi connectivity index (χ2n) is 9.10. The number of nitrogens with zero attached hydrogens (tertiary/aromatic N) is 2. The number of benzene rings is 1. The minimum atomic E-state index is -1.09. The molecule has 0 aliphatic heterocycles. The third kappa shape index (κ3) is 5.45. The molecule has 2 N–H and O–H groups in total. The van der Waals surface area contributed by atoms with Gasteiger partial charge in [-0.1, -0.05) is 18.2 Å². The average Bonchev–Trinajstić information content (AvgIpc) is 2.73. The predicted octanol–water partition coefficient (Wildman–Crippen LogP) is 3.73. The maximum Gasteiger partial charge on any atom is 0.270 e. The van der Waals surface area contributed by atoms with E-state index in [-0.39, 0.29) is 23.2 Å². The summed E-state index contributed by atoms with van der Waals surface area (Å²) in [7, 11) is 0. The number of non-ortho nitro benzene ring substituents is 1. The molecule has 8 nitrogen and oxygen atoms in total. The summed E-state index contributed by atoms with van der Waals surface area (Å²) in [6, 6.07) is 11.5. The number of nitro groups is 1. The summed E-state index contributed by atoms with van der Waals surface area (Å²) in [5, 5.41) is 17.0. The van der Waals surface area contributed by atoms with Crippen molar-refractivity contribution in [2.75, 3.05) is 0 Å². The van der Waals surface area contributed by atoms with Crippen molar-refractivity contribution in [2.45, 2.75) is 63.5 Å². The van der Waals surface area contributed by atoms with Gasteiger partial charge in [-0.15, -0.1) is 0 Å². The fraction of sp³-hybridized carbons (Fsp3) is 0.435. The molecule has 8 heteroatoms. The maximum absolute atomic E-state index is 13.4. The van der Waals surface area contributed by atoms with Crippen LogP contribution in [0.5, 0.6) is 0 Å². The van der Waals surface area contributed by atoms with E-state index in [2.05, 4.69) is 15.6 Å². The Bertz CT molecular complexity index is 954. The number of hydrogen-bond acceptors (Lipinski definition) is 5. The smallest absolute Gasteiger partial charge is 0.270 e. The third-order valence-electron chi connectivity index (χ3n) is 5.50. The Morgan fingerprint density at radius 1 is 1.16 bits per heavy atom. The second kappa shape index (κ2) is 8.83. The SMILES string of the molecule is CC(C)(C)NC(=O)C1(NC(=O)c2ccccn2)CCCC(c2ccc([N+](=O)[O-])cc2)C1. The molecule has 2 aromatic rings. The van der Waals surface area contributed by atoms with Crippen molar-refractivity contribution in [1.82, 2.24) is 15.6 Å². The Balaban J connectivity index is 1.90.